The molecule has 1 aliphatic rings. The summed E-state index contributed by atoms with van der Waals surface area (Å²) in [6, 6.07) is 23.1. The molecule has 4 aromatic rings. The Morgan fingerprint density at radius 1 is 0.895 bits per heavy atom. The van der Waals surface area contributed by atoms with Crippen LogP contribution in [0.25, 0.3) is 0 Å². The van der Waals surface area contributed by atoms with Crippen molar-refractivity contribution in [2.24, 2.45) is 0 Å². The van der Waals surface area contributed by atoms with Crippen molar-refractivity contribution in [2.45, 2.75) is 44.6 Å². The fourth-order valence-electron chi connectivity index (χ4n) is 5.05. The molecule has 1 aliphatic heterocycles. The lowest BCUT2D eigenvalue weighted by molar-refractivity contribution is 0.0633. The summed E-state index contributed by atoms with van der Waals surface area (Å²) >= 11 is 1.82. The number of aliphatic hydroxyl groups is 1. The number of hydrogen-bond acceptors (Lipinski definition) is 7. The maximum atomic E-state index is 12.3. The Bertz CT molecular complexity index is 1260. The molecule has 0 aliphatic carbocycles. The quantitative estimate of drug-likeness (QED) is 0.250. The zero-order chi connectivity index (χ0) is 26.5. The van der Waals surface area contributed by atoms with E-state index in [2.05, 4.69) is 24.0 Å². The summed E-state index contributed by atoms with van der Waals surface area (Å²) in [5.41, 5.74) is -0.106. The van der Waals surface area contributed by atoms with E-state index >= 15 is 0 Å². The predicted octanol–water partition coefficient (Wildman–Crippen LogP) is 6.13. The van der Waals surface area contributed by atoms with Crippen LogP contribution >= 0.6 is 11.3 Å². The van der Waals surface area contributed by atoms with Crippen molar-refractivity contribution >= 4 is 11.3 Å². The lowest BCUT2D eigenvalue weighted by Gasteiger charge is -2.28. The van der Waals surface area contributed by atoms with E-state index in [-0.39, 0.29) is 6.10 Å². The molecular formula is C31H35NO5S. The van der Waals surface area contributed by atoms with Crippen molar-refractivity contribution in [1.29, 1.82) is 0 Å². The molecule has 1 unspecified atom stereocenters. The van der Waals surface area contributed by atoms with Crippen LogP contribution < -0.4 is 9.47 Å². The molecule has 2 aromatic carbocycles. The second-order valence-corrected chi connectivity index (χ2v) is 11.1. The van der Waals surface area contributed by atoms with Crippen molar-refractivity contribution in [3.8, 4) is 11.5 Å². The van der Waals surface area contributed by atoms with Crippen molar-refractivity contribution in [1.82, 2.24) is 4.90 Å². The zero-order valence-corrected chi connectivity index (χ0v) is 23.0. The summed E-state index contributed by atoms with van der Waals surface area (Å²) in [4.78, 5) is 5.01. The van der Waals surface area contributed by atoms with Gasteiger partial charge in [0.05, 0.1) is 26.9 Å². The van der Waals surface area contributed by atoms with Crippen LogP contribution in [0.4, 0.5) is 0 Å². The summed E-state index contributed by atoms with van der Waals surface area (Å²) in [6.45, 7) is 5.26. The largest absolute Gasteiger partial charge is 0.497 e. The molecule has 0 radical (unpaired) electrons. The Morgan fingerprint density at radius 3 is 2.08 bits per heavy atom. The minimum absolute atomic E-state index is 0.237. The fraction of sp³-hybridized carbons (Fsp3) is 0.355. The van der Waals surface area contributed by atoms with Crippen LogP contribution in [0, 0.1) is 6.92 Å². The molecule has 3 heterocycles. The van der Waals surface area contributed by atoms with Gasteiger partial charge in [-0.3, -0.25) is 4.90 Å². The standard InChI is InChI=1S/C31H35NO5S/c1-22-6-16-29(38-22)21-32(19-27-5-4-18-36-27)20-28-15-17-30(37-28)31(33,23-7-11-25(34-2)12-8-23)24-9-13-26(35-3)14-10-24/h6-17,27,33H,4-5,18-21H2,1-3H3. The molecule has 2 aromatic heterocycles. The van der Waals surface area contributed by atoms with Crippen LogP contribution in [-0.4, -0.2) is 43.5 Å². The van der Waals surface area contributed by atoms with Crippen molar-refractivity contribution in [3.63, 3.8) is 0 Å². The van der Waals surface area contributed by atoms with E-state index in [0.29, 0.717) is 23.4 Å². The molecule has 6 nitrogen and oxygen atoms in total. The van der Waals surface area contributed by atoms with Crippen molar-refractivity contribution in [3.05, 3.63) is 105 Å². The number of hydrogen-bond donors (Lipinski definition) is 1. The topological polar surface area (TPSA) is 64.3 Å². The Morgan fingerprint density at radius 2 is 1.55 bits per heavy atom. The van der Waals surface area contributed by atoms with Gasteiger partial charge in [0.15, 0.2) is 5.60 Å². The number of furan rings is 1. The monoisotopic (exact) mass is 533 g/mol. The number of methoxy groups -OCH3 is 2. The van der Waals surface area contributed by atoms with Crippen LogP contribution in [0.1, 0.15) is 45.2 Å². The van der Waals surface area contributed by atoms with E-state index in [1.807, 2.05) is 72.0 Å². The molecule has 1 atom stereocenters. The number of aryl methyl sites for hydroxylation is 1. The molecule has 0 bridgehead atoms. The molecule has 1 N–H and O–H groups in total. The van der Waals surface area contributed by atoms with Gasteiger partial charge in [-0.2, -0.15) is 0 Å². The van der Waals surface area contributed by atoms with E-state index in [0.717, 1.165) is 49.8 Å². The zero-order valence-electron chi connectivity index (χ0n) is 22.2. The van der Waals surface area contributed by atoms with Crippen molar-refractivity contribution in [2.75, 3.05) is 27.4 Å². The molecule has 1 saturated heterocycles. The van der Waals surface area contributed by atoms with Crippen LogP contribution in [0.5, 0.6) is 11.5 Å². The Hall–Kier alpha value is -3.10. The van der Waals surface area contributed by atoms with Gasteiger partial charge in [0, 0.05) is 29.5 Å². The third-order valence-corrected chi connectivity index (χ3v) is 8.06. The van der Waals surface area contributed by atoms with E-state index in [1.54, 1.807) is 14.2 Å². The Labute approximate surface area is 228 Å². The second-order valence-electron chi connectivity index (χ2n) is 9.75. The molecule has 38 heavy (non-hydrogen) atoms. The van der Waals surface area contributed by atoms with E-state index in [4.69, 9.17) is 18.6 Å². The highest BCUT2D eigenvalue weighted by Crippen LogP contribution is 2.39. The SMILES string of the molecule is COc1ccc(C(O)(c2ccc(OC)cc2)c2ccc(CN(Cc3ccc(C)s3)CC3CCCO3)o2)cc1. The van der Waals surface area contributed by atoms with Gasteiger partial charge in [0.25, 0.3) is 0 Å². The maximum Gasteiger partial charge on any atom is 0.173 e. The second kappa shape index (κ2) is 11.7. The summed E-state index contributed by atoms with van der Waals surface area (Å²) in [7, 11) is 3.26. The van der Waals surface area contributed by atoms with Gasteiger partial charge in [0.1, 0.15) is 23.0 Å². The van der Waals surface area contributed by atoms with Gasteiger partial charge in [-0.15, -0.1) is 11.3 Å². The van der Waals surface area contributed by atoms with Gasteiger partial charge in [-0.1, -0.05) is 24.3 Å². The predicted molar refractivity (Wildman–Crippen MR) is 149 cm³/mol. The summed E-state index contributed by atoms with van der Waals surface area (Å²) in [5, 5.41) is 12.3. The first kappa shape index (κ1) is 26.5. The summed E-state index contributed by atoms with van der Waals surface area (Å²) < 4.78 is 23.0. The lowest BCUT2D eigenvalue weighted by atomic mass is 9.84. The summed E-state index contributed by atoms with van der Waals surface area (Å²) in [6.07, 6.45) is 2.43. The number of rotatable bonds is 11. The molecular weight excluding hydrogens is 498 g/mol. The minimum Gasteiger partial charge on any atom is -0.497 e. The number of thiophene rings is 1. The Kier molecular flexibility index (Phi) is 8.19. The molecule has 0 amide bonds. The number of ether oxygens (including phenoxy) is 3. The van der Waals surface area contributed by atoms with Gasteiger partial charge < -0.3 is 23.7 Å². The van der Waals surface area contributed by atoms with E-state index < -0.39 is 5.60 Å². The van der Waals surface area contributed by atoms with Crippen LogP contribution in [0.2, 0.25) is 0 Å². The smallest absolute Gasteiger partial charge is 0.173 e. The highest BCUT2D eigenvalue weighted by atomic mass is 32.1. The van der Waals surface area contributed by atoms with Gasteiger partial charge in [0.2, 0.25) is 0 Å². The summed E-state index contributed by atoms with van der Waals surface area (Å²) in [5.74, 6) is 2.71. The minimum atomic E-state index is -1.49. The van der Waals surface area contributed by atoms with E-state index in [9.17, 15) is 5.11 Å². The molecule has 200 valence electrons. The number of nitrogens with zero attached hydrogens (tertiary/aromatic N) is 1. The fourth-order valence-corrected chi connectivity index (χ4v) is 5.98. The molecule has 0 spiro atoms. The molecule has 0 saturated carbocycles. The first-order valence-electron chi connectivity index (χ1n) is 13.0. The molecule has 7 heteroatoms. The van der Waals surface area contributed by atoms with Gasteiger partial charge >= 0.3 is 0 Å². The highest BCUT2D eigenvalue weighted by Gasteiger charge is 2.37. The van der Waals surface area contributed by atoms with E-state index in [1.165, 1.54) is 9.75 Å². The Balaban J connectivity index is 1.45. The highest BCUT2D eigenvalue weighted by molar-refractivity contribution is 7.11. The molecule has 5 rings (SSSR count). The van der Waals surface area contributed by atoms with Crippen LogP contribution in [0.15, 0.2) is 77.2 Å². The normalized spacial score (nSPS) is 15.8. The first-order valence-corrected chi connectivity index (χ1v) is 13.8. The first-order chi connectivity index (χ1) is 18.5. The van der Waals surface area contributed by atoms with Crippen LogP contribution in [-0.2, 0) is 23.4 Å². The average Bonchev–Trinajstić information content (AvgIpc) is 3.72. The molecule has 1 fully saturated rings. The van der Waals surface area contributed by atoms with Gasteiger partial charge in [-0.25, -0.2) is 0 Å². The third kappa shape index (κ3) is 5.81. The van der Waals surface area contributed by atoms with Crippen molar-refractivity contribution < 1.29 is 23.7 Å². The number of benzene rings is 2. The third-order valence-electron chi connectivity index (χ3n) is 7.07. The van der Waals surface area contributed by atoms with Crippen LogP contribution in [0.3, 0.4) is 0 Å². The lowest BCUT2D eigenvalue weighted by Crippen LogP contribution is -2.31. The maximum absolute atomic E-state index is 12.3. The average molecular weight is 534 g/mol. The van der Waals surface area contributed by atoms with Gasteiger partial charge in [-0.05, 0) is 79.4 Å².